The Balaban J connectivity index is 2.49. The first-order valence-corrected chi connectivity index (χ1v) is 4.74. The lowest BCUT2D eigenvalue weighted by Crippen LogP contribution is -1.93. The highest BCUT2D eigenvalue weighted by atomic mass is 35.5. The largest absolute Gasteiger partial charge is 0.227 e. The van der Waals surface area contributed by atoms with Crippen molar-refractivity contribution in [2.75, 3.05) is 0 Å². The summed E-state index contributed by atoms with van der Waals surface area (Å²) in [5.41, 5.74) is 0.627. The summed E-state index contributed by atoms with van der Waals surface area (Å²) in [5.74, 6) is -0.00926. The van der Waals surface area contributed by atoms with Crippen LogP contribution >= 0.6 is 23.2 Å². The van der Waals surface area contributed by atoms with Crippen LogP contribution in [0.5, 0.6) is 0 Å². The van der Waals surface area contributed by atoms with Crippen molar-refractivity contribution in [1.82, 2.24) is 15.0 Å². The van der Waals surface area contributed by atoms with E-state index < -0.39 is 0 Å². The van der Waals surface area contributed by atoms with Crippen molar-refractivity contribution in [3.63, 3.8) is 0 Å². The Bertz CT molecular complexity index is 467. The van der Waals surface area contributed by atoms with Gasteiger partial charge in [0.15, 0.2) is 5.82 Å². The average Bonchev–Trinajstić information content (AvgIpc) is 2.17. The molecule has 2 rings (SSSR count). The Morgan fingerprint density at radius 2 is 1.40 bits per heavy atom. The second kappa shape index (κ2) is 4.08. The van der Waals surface area contributed by atoms with Gasteiger partial charge in [0.1, 0.15) is 5.82 Å². The highest BCUT2D eigenvalue weighted by molar-refractivity contribution is 6.31. The third kappa shape index (κ3) is 2.40. The van der Waals surface area contributed by atoms with Crippen LogP contribution in [0.3, 0.4) is 0 Å². The van der Waals surface area contributed by atoms with Gasteiger partial charge in [0.2, 0.25) is 10.6 Å². The summed E-state index contributed by atoms with van der Waals surface area (Å²) in [7, 11) is 0. The smallest absolute Gasteiger partial charge is 0.207 e. The van der Waals surface area contributed by atoms with Crippen molar-refractivity contribution in [2.24, 2.45) is 0 Å². The molecule has 0 bridgehead atoms. The van der Waals surface area contributed by atoms with Crippen LogP contribution in [0.4, 0.5) is 4.39 Å². The van der Waals surface area contributed by atoms with Crippen molar-refractivity contribution in [1.29, 1.82) is 0 Å². The zero-order valence-electron chi connectivity index (χ0n) is 7.28. The molecule has 0 aliphatic carbocycles. The van der Waals surface area contributed by atoms with Crippen LogP contribution in [-0.4, -0.2) is 15.0 Å². The second-order valence-electron chi connectivity index (χ2n) is 2.70. The zero-order chi connectivity index (χ0) is 10.8. The third-order valence-corrected chi connectivity index (χ3v) is 2.02. The molecule has 0 aliphatic heterocycles. The van der Waals surface area contributed by atoms with E-state index in [0.717, 1.165) is 0 Å². The number of nitrogens with zero attached hydrogens (tertiary/aromatic N) is 3. The molecule has 0 radical (unpaired) electrons. The van der Waals surface area contributed by atoms with Crippen molar-refractivity contribution in [2.45, 2.75) is 0 Å². The quantitative estimate of drug-likeness (QED) is 0.773. The fourth-order valence-corrected chi connectivity index (χ4v) is 1.42. The molecule has 0 amide bonds. The molecule has 0 aliphatic rings. The minimum absolute atomic E-state index is 0.00863. The van der Waals surface area contributed by atoms with Crippen LogP contribution in [0, 0.1) is 5.82 Å². The van der Waals surface area contributed by atoms with Crippen LogP contribution in [0.1, 0.15) is 0 Å². The van der Waals surface area contributed by atoms with E-state index in [4.69, 9.17) is 23.2 Å². The van der Waals surface area contributed by atoms with E-state index in [1.807, 2.05) is 0 Å². The molecule has 0 spiro atoms. The molecule has 1 aromatic carbocycles. The second-order valence-corrected chi connectivity index (χ2v) is 3.38. The van der Waals surface area contributed by atoms with Gasteiger partial charge in [0.25, 0.3) is 0 Å². The lowest BCUT2D eigenvalue weighted by Gasteiger charge is -2.00. The van der Waals surface area contributed by atoms with Crippen LogP contribution in [0.15, 0.2) is 24.3 Å². The number of aromatic nitrogens is 3. The molecule has 15 heavy (non-hydrogen) atoms. The standard InChI is InChI=1S/C9H4Cl2FN3/c10-8-13-7(14-9(11)15-8)5-1-3-6(12)4-2-5/h1-4H. The lowest BCUT2D eigenvalue weighted by atomic mass is 10.2. The van der Waals surface area contributed by atoms with Crippen LogP contribution in [0.2, 0.25) is 10.6 Å². The predicted molar refractivity (Wildman–Crippen MR) is 55.2 cm³/mol. The molecule has 2 aromatic rings. The van der Waals surface area contributed by atoms with Gasteiger partial charge in [-0.05, 0) is 47.5 Å². The molecule has 0 atom stereocenters. The Kier molecular flexibility index (Phi) is 2.79. The topological polar surface area (TPSA) is 38.7 Å². The fourth-order valence-electron chi connectivity index (χ4n) is 1.05. The van der Waals surface area contributed by atoms with Crippen LogP contribution in [0.25, 0.3) is 11.4 Å². The van der Waals surface area contributed by atoms with Gasteiger partial charge in [-0.3, -0.25) is 0 Å². The monoisotopic (exact) mass is 243 g/mol. The Morgan fingerprint density at radius 3 is 1.93 bits per heavy atom. The molecule has 0 fully saturated rings. The predicted octanol–water partition coefficient (Wildman–Crippen LogP) is 2.98. The Labute approximate surface area is 94.9 Å². The highest BCUT2D eigenvalue weighted by Gasteiger charge is 2.05. The Morgan fingerprint density at radius 1 is 0.867 bits per heavy atom. The number of hydrogen-bond acceptors (Lipinski definition) is 3. The molecule has 3 nitrogen and oxygen atoms in total. The van der Waals surface area contributed by atoms with E-state index in [1.54, 1.807) is 0 Å². The molecular formula is C9H4Cl2FN3. The number of rotatable bonds is 1. The first-order chi connectivity index (χ1) is 7.15. The van der Waals surface area contributed by atoms with E-state index in [9.17, 15) is 4.39 Å². The molecule has 0 saturated carbocycles. The average molecular weight is 244 g/mol. The van der Waals surface area contributed by atoms with E-state index in [1.165, 1.54) is 24.3 Å². The van der Waals surface area contributed by atoms with Gasteiger partial charge in [-0.2, -0.15) is 15.0 Å². The van der Waals surface area contributed by atoms with Gasteiger partial charge in [-0.1, -0.05) is 0 Å². The number of hydrogen-bond donors (Lipinski definition) is 0. The number of benzene rings is 1. The van der Waals surface area contributed by atoms with Crippen molar-refractivity contribution >= 4 is 23.2 Å². The maximum Gasteiger partial charge on any atom is 0.227 e. The van der Waals surface area contributed by atoms with E-state index in [0.29, 0.717) is 11.4 Å². The maximum atomic E-state index is 12.7. The van der Waals surface area contributed by atoms with Crippen molar-refractivity contribution < 1.29 is 4.39 Å². The molecule has 1 aromatic heterocycles. The lowest BCUT2D eigenvalue weighted by molar-refractivity contribution is 0.628. The van der Waals surface area contributed by atoms with Crippen LogP contribution in [-0.2, 0) is 0 Å². The van der Waals surface area contributed by atoms with E-state index >= 15 is 0 Å². The SMILES string of the molecule is Fc1ccc(-c2nc(Cl)nc(Cl)n2)cc1. The van der Waals surface area contributed by atoms with E-state index in [-0.39, 0.29) is 16.4 Å². The summed E-state index contributed by atoms with van der Waals surface area (Å²) in [4.78, 5) is 11.4. The summed E-state index contributed by atoms with van der Waals surface area (Å²) < 4.78 is 12.7. The first kappa shape index (κ1) is 10.3. The Hall–Kier alpha value is -1.26. The van der Waals surface area contributed by atoms with Gasteiger partial charge >= 0.3 is 0 Å². The zero-order valence-corrected chi connectivity index (χ0v) is 8.80. The van der Waals surface area contributed by atoms with Crippen molar-refractivity contribution in [3.05, 3.63) is 40.6 Å². The summed E-state index contributed by atoms with van der Waals surface area (Å²) in [5, 5.41) is 0.0173. The van der Waals surface area contributed by atoms with Gasteiger partial charge in [0, 0.05) is 5.56 Å². The summed E-state index contributed by atoms with van der Waals surface area (Å²) in [6, 6.07) is 5.69. The minimum Gasteiger partial charge on any atom is -0.207 e. The van der Waals surface area contributed by atoms with E-state index in [2.05, 4.69) is 15.0 Å². The van der Waals surface area contributed by atoms with Gasteiger partial charge in [-0.25, -0.2) is 4.39 Å². The molecule has 0 unspecified atom stereocenters. The third-order valence-electron chi connectivity index (χ3n) is 1.68. The number of halogens is 3. The van der Waals surface area contributed by atoms with Crippen molar-refractivity contribution in [3.8, 4) is 11.4 Å². The molecule has 0 saturated heterocycles. The van der Waals surface area contributed by atoms with Gasteiger partial charge in [0.05, 0.1) is 0 Å². The first-order valence-electron chi connectivity index (χ1n) is 3.98. The minimum atomic E-state index is -0.329. The summed E-state index contributed by atoms with van der Waals surface area (Å²) >= 11 is 11.2. The van der Waals surface area contributed by atoms with Crippen LogP contribution < -0.4 is 0 Å². The molecule has 1 heterocycles. The van der Waals surface area contributed by atoms with Gasteiger partial charge < -0.3 is 0 Å². The normalized spacial score (nSPS) is 10.3. The summed E-state index contributed by atoms with van der Waals surface area (Å²) in [6.07, 6.45) is 0. The van der Waals surface area contributed by atoms with Gasteiger partial charge in [-0.15, -0.1) is 0 Å². The summed E-state index contributed by atoms with van der Waals surface area (Å²) in [6.45, 7) is 0. The highest BCUT2D eigenvalue weighted by Crippen LogP contribution is 2.18. The fraction of sp³-hybridized carbons (Fsp3) is 0. The molecular weight excluding hydrogens is 240 g/mol. The molecule has 6 heteroatoms. The maximum absolute atomic E-state index is 12.7. The molecule has 0 N–H and O–H groups in total. The molecule has 76 valence electrons.